The lowest BCUT2D eigenvalue weighted by molar-refractivity contribution is -0.114. The average molecular weight is 454 g/mol. The topological polar surface area (TPSA) is 86.3 Å². The molecule has 172 valence electrons. The number of hydrogen-bond donors (Lipinski definition) is 2. The molecule has 34 heavy (non-hydrogen) atoms. The number of piperazine rings is 1. The highest BCUT2D eigenvalue weighted by Gasteiger charge is 2.14. The lowest BCUT2D eigenvalue weighted by Gasteiger charge is -2.34. The molecule has 5 rings (SSSR count). The van der Waals surface area contributed by atoms with Crippen molar-refractivity contribution in [2.45, 2.75) is 6.92 Å². The van der Waals surface area contributed by atoms with Crippen LogP contribution in [0.1, 0.15) is 6.92 Å². The van der Waals surface area contributed by atoms with Crippen LogP contribution in [0.3, 0.4) is 0 Å². The predicted molar refractivity (Wildman–Crippen MR) is 137 cm³/mol. The third-order valence-corrected chi connectivity index (χ3v) is 5.96. The summed E-state index contributed by atoms with van der Waals surface area (Å²) in [6, 6.07) is 17.9. The van der Waals surface area contributed by atoms with E-state index in [0.29, 0.717) is 11.6 Å². The van der Waals surface area contributed by atoms with Crippen LogP contribution in [0.5, 0.6) is 0 Å². The number of nitrogens with one attached hydrogen (secondary N) is 2. The van der Waals surface area contributed by atoms with Crippen LogP contribution in [0.4, 0.5) is 23.0 Å². The summed E-state index contributed by atoms with van der Waals surface area (Å²) in [7, 11) is 2.16. The van der Waals surface area contributed by atoms with E-state index in [4.69, 9.17) is 4.98 Å². The molecule has 2 aromatic heterocycles. The first-order valence-electron chi connectivity index (χ1n) is 11.4. The Morgan fingerprint density at radius 3 is 2.50 bits per heavy atom. The van der Waals surface area contributed by atoms with Gasteiger partial charge in [0.2, 0.25) is 11.9 Å². The Bertz CT molecular complexity index is 1310. The van der Waals surface area contributed by atoms with Crippen LogP contribution in [0.2, 0.25) is 0 Å². The first kappa shape index (κ1) is 21.8. The molecule has 2 N–H and O–H groups in total. The van der Waals surface area contributed by atoms with Gasteiger partial charge in [-0.3, -0.25) is 9.78 Å². The summed E-state index contributed by atoms with van der Waals surface area (Å²) in [5, 5.41) is 7.05. The second kappa shape index (κ2) is 9.44. The van der Waals surface area contributed by atoms with Crippen molar-refractivity contribution in [1.82, 2.24) is 19.9 Å². The molecule has 0 bridgehead atoms. The SMILES string of the molecule is CC(=O)Nc1ccnc(-c2cccc3cnc(Nc4ccc(N5CCN(C)CC5)cc4)nc23)c1. The predicted octanol–water partition coefficient (Wildman–Crippen LogP) is 4.15. The van der Waals surface area contributed by atoms with Gasteiger partial charge in [0.15, 0.2) is 0 Å². The van der Waals surface area contributed by atoms with Crippen molar-refractivity contribution in [2.75, 3.05) is 48.8 Å². The van der Waals surface area contributed by atoms with Crippen LogP contribution in [0, 0.1) is 0 Å². The van der Waals surface area contributed by atoms with Gasteiger partial charge in [0.05, 0.1) is 11.2 Å². The van der Waals surface area contributed by atoms with Gasteiger partial charge in [0.1, 0.15) is 0 Å². The second-order valence-electron chi connectivity index (χ2n) is 8.51. The Balaban J connectivity index is 1.40. The molecule has 1 fully saturated rings. The van der Waals surface area contributed by atoms with Crippen LogP contribution in [-0.4, -0.2) is 59.0 Å². The molecule has 4 aromatic rings. The molecule has 2 aromatic carbocycles. The standard InChI is InChI=1S/C26H27N7O/c1-18(34)29-21-10-11-27-24(16-21)23-5-3-4-19-17-28-26(31-25(19)23)30-20-6-8-22(9-7-20)33-14-12-32(2)13-15-33/h3-11,16-17H,12-15H2,1-2H3,(H,27,29,34)(H,28,30,31). The molecular weight excluding hydrogens is 426 g/mol. The van der Waals surface area contributed by atoms with E-state index in [0.717, 1.165) is 54.0 Å². The van der Waals surface area contributed by atoms with Crippen molar-refractivity contribution in [2.24, 2.45) is 0 Å². The first-order chi connectivity index (χ1) is 16.5. The van der Waals surface area contributed by atoms with Crippen molar-refractivity contribution in [3.63, 3.8) is 0 Å². The van der Waals surface area contributed by atoms with Crippen molar-refractivity contribution in [3.05, 3.63) is 67.0 Å². The first-order valence-corrected chi connectivity index (χ1v) is 11.4. The van der Waals surface area contributed by atoms with E-state index in [1.165, 1.54) is 12.6 Å². The fourth-order valence-electron chi connectivity index (χ4n) is 4.13. The summed E-state index contributed by atoms with van der Waals surface area (Å²) in [6.07, 6.45) is 3.49. The number of pyridine rings is 1. The minimum atomic E-state index is -0.123. The number of rotatable bonds is 5. The zero-order valence-corrected chi connectivity index (χ0v) is 19.3. The normalized spacial score (nSPS) is 14.2. The highest BCUT2D eigenvalue weighted by Crippen LogP contribution is 2.28. The van der Waals surface area contributed by atoms with Crippen LogP contribution >= 0.6 is 0 Å². The maximum atomic E-state index is 11.5. The van der Waals surface area contributed by atoms with Gasteiger partial charge in [-0.1, -0.05) is 18.2 Å². The monoisotopic (exact) mass is 453 g/mol. The highest BCUT2D eigenvalue weighted by molar-refractivity contribution is 5.94. The number of hydrogen-bond acceptors (Lipinski definition) is 7. The molecule has 1 saturated heterocycles. The number of carbonyl (C=O) groups is 1. The molecule has 8 heteroatoms. The fraction of sp³-hybridized carbons (Fsp3) is 0.231. The Morgan fingerprint density at radius 2 is 1.74 bits per heavy atom. The van der Waals surface area contributed by atoms with Crippen molar-refractivity contribution < 1.29 is 4.79 Å². The second-order valence-corrected chi connectivity index (χ2v) is 8.51. The minimum Gasteiger partial charge on any atom is -0.369 e. The van der Waals surface area contributed by atoms with Gasteiger partial charge in [0.25, 0.3) is 0 Å². The number of anilines is 4. The van der Waals surface area contributed by atoms with E-state index in [-0.39, 0.29) is 5.91 Å². The summed E-state index contributed by atoms with van der Waals surface area (Å²) in [6.45, 7) is 5.72. The van der Waals surface area contributed by atoms with E-state index in [1.54, 1.807) is 12.3 Å². The quantitative estimate of drug-likeness (QED) is 0.470. The number of para-hydroxylation sites is 1. The van der Waals surface area contributed by atoms with Gasteiger partial charge in [0, 0.05) is 73.5 Å². The van der Waals surface area contributed by atoms with Crippen LogP contribution < -0.4 is 15.5 Å². The number of fused-ring (bicyclic) bond motifs is 1. The lowest BCUT2D eigenvalue weighted by Crippen LogP contribution is -2.44. The fourth-order valence-corrected chi connectivity index (χ4v) is 4.13. The van der Waals surface area contributed by atoms with Gasteiger partial charge >= 0.3 is 0 Å². The summed E-state index contributed by atoms with van der Waals surface area (Å²) in [5.74, 6) is 0.396. The molecule has 0 spiro atoms. The molecular formula is C26H27N7O. The molecule has 3 heterocycles. The van der Waals surface area contributed by atoms with Crippen LogP contribution in [0.15, 0.2) is 67.0 Å². The summed E-state index contributed by atoms with van der Waals surface area (Å²) in [5.41, 5.74) is 5.26. The average Bonchev–Trinajstić information content (AvgIpc) is 2.84. The van der Waals surface area contributed by atoms with E-state index < -0.39 is 0 Å². The van der Waals surface area contributed by atoms with E-state index in [9.17, 15) is 4.79 Å². The molecule has 0 aliphatic carbocycles. The number of aromatic nitrogens is 3. The van der Waals surface area contributed by atoms with E-state index in [2.05, 4.69) is 61.7 Å². The zero-order valence-electron chi connectivity index (χ0n) is 19.3. The molecule has 8 nitrogen and oxygen atoms in total. The Labute approximate surface area is 198 Å². The molecule has 0 atom stereocenters. The van der Waals surface area contributed by atoms with Gasteiger partial charge in [-0.25, -0.2) is 9.97 Å². The smallest absolute Gasteiger partial charge is 0.227 e. The third kappa shape index (κ3) is 4.82. The minimum absolute atomic E-state index is 0.123. The van der Waals surface area contributed by atoms with Crippen LogP contribution in [-0.2, 0) is 4.79 Å². The molecule has 0 unspecified atom stereocenters. The number of nitrogens with zero attached hydrogens (tertiary/aromatic N) is 5. The molecule has 1 amide bonds. The van der Waals surface area contributed by atoms with Gasteiger partial charge in [-0.15, -0.1) is 0 Å². The maximum absolute atomic E-state index is 11.5. The van der Waals surface area contributed by atoms with Crippen LogP contribution in [0.25, 0.3) is 22.2 Å². The van der Waals surface area contributed by atoms with Gasteiger partial charge in [-0.05, 0) is 43.4 Å². The summed E-state index contributed by atoms with van der Waals surface area (Å²) >= 11 is 0. The van der Waals surface area contributed by atoms with Gasteiger partial charge < -0.3 is 20.4 Å². The van der Waals surface area contributed by atoms with Gasteiger partial charge in [-0.2, -0.15) is 0 Å². The Kier molecular flexibility index (Phi) is 6.05. The Hall–Kier alpha value is -4.04. The lowest BCUT2D eigenvalue weighted by atomic mass is 10.1. The zero-order chi connectivity index (χ0) is 23.5. The molecule has 1 aliphatic heterocycles. The highest BCUT2D eigenvalue weighted by atomic mass is 16.1. The summed E-state index contributed by atoms with van der Waals surface area (Å²) < 4.78 is 0. The number of likely N-dealkylation sites (N-methyl/N-ethyl adjacent to an activating group) is 1. The third-order valence-electron chi connectivity index (χ3n) is 5.96. The molecule has 1 aliphatic rings. The molecule has 0 saturated carbocycles. The maximum Gasteiger partial charge on any atom is 0.227 e. The van der Waals surface area contributed by atoms with Crippen molar-refractivity contribution in [1.29, 1.82) is 0 Å². The van der Waals surface area contributed by atoms with Crippen molar-refractivity contribution >= 4 is 39.8 Å². The van der Waals surface area contributed by atoms with E-state index >= 15 is 0 Å². The Morgan fingerprint density at radius 1 is 0.941 bits per heavy atom. The summed E-state index contributed by atoms with van der Waals surface area (Å²) in [4.78, 5) is 30.0. The van der Waals surface area contributed by atoms with Crippen molar-refractivity contribution in [3.8, 4) is 11.3 Å². The molecule has 0 radical (unpaired) electrons. The number of amides is 1. The number of carbonyl (C=O) groups excluding carboxylic acids is 1. The number of benzene rings is 2. The van der Waals surface area contributed by atoms with E-state index in [1.807, 2.05) is 30.5 Å². The largest absolute Gasteiger partial charge is 0.369 e.